The summed E-state index contributed by atoms with van der Waals surface area (Å²) < 4.78 is 11.0. The molecule has 1 aliphatic heterocycles. The van der Waals surface area contributed by atoms with E-state index in [0.717, 1.165) is 37.1 Å². The molecule has 1 N–H and O–H groups in total. The molecule has 0 radical (unpaired) electrons. The number of nitrogens with zero attached hydrogens (tertiary/aromatic N) is 1. The second-order valence-corrected chi connectivity index (χ2v) is 8.32. The Morgan fingerprint density at radius 2 is 1.88 bits per heavy atom. The number of amides is 2. The molecule has 2 amide bonds. The van der Waals surface area contributed by atoms with Crippen LogP contribution in [0, 0.1) is 0 Å². The molecule has 1 saturated heterocycles. The minimum atomic E-state index is -0.194. The van der Waals surface area contributed by atoms with Crippen LogP contribution in [-0.2, 0) is 16.0 Å². The lowest BCUT2D eigenvalue weighted by molar-refractivity contribution is -0.132. The molecule has 1 heterocycles. The average Bonchev–Trinajstić information content (AvgIpc) is 3.35. The van der Waals surface area contributed by atoms with E-state index in [4.69, 9.17) is 21.1 Å². The van der Waals surface area contributed by atoms with Crippen LogP contribution in [0.3, 0.4) is 0 Å². The fraction of sp³-hybridized carbons (Fsp3) is 0.440. The number of nitrogens with one attached hydrogen (secondary N) is 1. The van der Waals surface area contributed by atoms with E-state index >= 15 is 0 Å². The maximum atomic E-state index is 12.6. The van der Waals surface area contributed by atoms with Gasteiger partial charge in [-0.15, -0.1) is 0 Å². The summed E-state index contributed by atoms with van der Waals surface area (Å²) in [6, 6.07) is 12.9. The molecule has 1 aliphatic rings. The van der Waals surface area contributed by atoms with Gasteiger partial charge in [-0.3, -0.25) is 9.59 Å². The monoisotopic (exact) mass is 458 g/mol. The smallest absolute Gasteiger partial charge is 0.260 e. The predicted octanol–water partition coefficient (Wildman–Crippen LogP) is 4.55. The van der Waals surface area contributed by atoms with E-state index in [1.54, 1.807) is 13.2 Å². The van der Waals surface area contributed by atoms with E-state index < -0.39 is 0 Å². The lowest BCUT2D eigenvalue weighted by Crippen LogP contribution is -2.32. The zero-order valence-corrected chi connectivity index (χ0v) is 19.5. The fourth-order valence-electron chi connectivity index (χ4n) is 3.89. The molecular formula is C25H31ClN2O4. The average molecular weight is 459 g/mol. The van der Waals surface area contributed by atoms with Crippen LogP contribution in [0.5, 0.6) is 11.5 Å². The van der Waals surface area contributed by atoms with Crippen molar-refractivity contribution in [1.82, 2.24) is 10.2 Å². The van der Waals surface area contributed by atoms with Crippen molar-refractivity contribution in [2.75, 3.05) is 26.8 Å². The fourth-order valence-corrected chi connectivity index (χ4v) is 4.17. The van der Waals surface area contributed by atoms with Gasteiger partial charge in [0.05, 0.1) is 18.2 Å². The highest BCUT2D eigenvalue weighted by Crippen LogP contribution is 2.28. The minimum Gasteiger partial charge on any atom is -0.495 e. The summed E-state index contributed by atoms with van der Waals surface area (Å²) in [7, 11) is 1.57. The zero-order chi connectivity index (χ0) is 22.9. The number of carbonyl (C=O) groups is 2. The molecule has 0 aromatic heterocycles. The van der Waals surface area contributed by atoms with Crippen molar-refractivity contribution in [3.8, 4) is 11.5 Å². The summed E-state index contributed by atoms with van der Waals surface area (Å²) in [6.45, 7) is 3.63. The largest absolute Gasteiger partial charge is 0.495 e. The van der Waals surface area contributed by atoms with Crippen molar-refractivity contribution in [3.05, 3.63) is 58.6 Å². The molecule has 6 nitrogen and oxygen atoms in total. The van der Waals surface area contributed by atoms with Gasteiger partial charge in [0.15, 0.2) is 6.61 Å². The summed E-state index contributed by atoms with van der Waals surface area (Å²) in [5.74, 6) is 1.21. The Bertz CT molecular complexity index is 928. The number of hydrogen-bond acceptors (Lipinski definition) is 4. The van der Waals surface area contributed by atoms with Gasteiger partial charge >= 0.3 is 0 Å². The van der Waals surface area contributed by atoms with Crippen molar-refractivity contribution in [2.24, 2.45) is 0 Å². The summed E-state index contributed by atoms with van der Waals surface area (Å²) in [4.78, 5) is 26.8. The number of halogens is 1. The second kappa shape index (κ2) is 11.8. The van der Waals surface area contributed by atoms with Gasteiger partial charge in [0.2, 0.25) is 5.91 Å². The van der Waals surface area contributed by atoms with Crippen LogP contribution < -0.4 is 14.8 Å². The molecule has 1 unspecified atom stereocenters. The van der Waals surface area contributed by atoms with Crippen molar-refractivity contribution in [2.45, 2.75) is 45.1 Å². The van der Waals surface area contributed by atoms with E-state index in [-0.39, 0.29) is 24.5 Å². The molecule has 1 atom stereocenters. The van der Waals surface area contributed by atoms with Gasteiger partial charge in [-0.2, -0.15) is 0 Å². The summed E-state index contributed by atoms with van der Waals surface area (Å²) in [5.41, 5.74) is 1.85. The molecule has 2 aromatic rings. The topological polar surface area (TPSA) is 67.9 Å². The molecule has 2 aromatic carbocycles. The third-order valence-electron chi connectivity index (χ3n) is 5.70. The van der Waals surface area contributed by atoms with Crippen LogP contribution in [0.4, 0.5) is 0 Å². The number of hydrogen-bond donors (Lipinski definition) is 1. The first kappa shape index (κ1) is 23.9. The number of methoxy groups -OCH3 is 1. The van der Waals surface area contributed by atoms with Gasteiger partial charge in [0, 0.05) is 25.1 Å². The molecule has 0 aliphatic carbocycles. The first-order valence-electron chi connectivity index (χ1n) is 11.1. The van der Waals surface area contributed by atoms with Crippen LogP contribution in [-0.4, -0.2) is 43.5 Å². The molecule has 0 bridgehead atoms. The number of para-hydroxylation sites is 1. The van der Waals surface area contributed by atoms with Crippen LogP contribution in [0.15, 0.2) is 42.5 Å². The number of ether oxygens (including phenoxy) is 2. The summed E-state index contributed by atoms with van der Waals surface area (Å²) in [5, 5.41) is 3.64. The molecule has 1 fully saturated rings. The zero-order valence-electron chi connectivity index (χ0n) is 18.7. The first-order chi connectivity index (χ1) is 15.5. The molecule has 0 spiro atoms. The Balaban J connectivity index is 1.58. The van der Waals surface area contributed by atoms with Gasteiger partial charge in [0.25, 0.3) is 5.91 Å². The Hall–Kier alpha value is -2.73. The van der Waals surface area contributed by atoms with Crippen LogP contribution in [0.1, 0.15) is 49.8 Å². The van der Waals surface area contributed by atoms with E-state index in [9.17, 15) is 9.59 Å². The minimum absolute atomic E-state index is 0.00698. The number of rotatable bonds is 10. The van der Waals surface area contributed by atoms with Crippen LogP contribution in [0.2, 0.25) is 5.02 Å². The Morgan fingerprint density at radius 1 is 1.12 bits per heavy atom. The highest BCUT2D eigenvalue weighted by molar-refractivity contribution is 6.32. The van der Waals surface area contributed by atoms with E-state index in [1.807, 2.05) is 48.2 Å². The molecule has 3 rings (SSSR count). The number of carbonyl (C=O) groups excluding carboxylic acids is 2. The molecule has 0 saturated carbocycles. The van der Waals surface area contributed by atoms with Crippen molar-refractivity contribution >= 4 is 23.4 Å². The van der Waals surface area contributed by atoms with Gasteiger partial charge in [-0.25, -0.2) is 0 Å². The van der Waals surface area contributed by atoms with Gasteiger partial charge in [0.1, 0.15) is 11.5 Å². The van der Waals surface area contributed by atoms with Crippen molar-refractivity contribution < 1.29 is 19.1 Å². The quantitative estimate of drug-likeness (QED) is 0.567. The van der Waals surface area contributed by atoms with Gasteiger partial charge in [-0.1, -0.05) is 42.8 Å². The lowest BCUT2D eigenvalue weighted by Gasteiger charge is -2.22. The first-order valence-corrected chi connectivity index (χ1v) is 11.5. The second-order valence-electron chi connectivity index (χ2n) is 7.91. The predicted molar refractivity (Wildman–Crippen MR) is 125 cm³/mol. The van der Waals surface area contributed by atoms with Crippen molar-refractivity contribution in [1.29, 1.82) is 0 Å². The third kappa shape index (κ3) is 6.39. The maximum absolute atomic E-state index is 12.6. The Labute approximate surface area is 194 Å². The molecule has 32 heavy (non-hydrogen) atoms. The SMILES string of the molecule is CCC(NC(=O)CCc1ccc(OC)c(Cl)c1)c1ccccc1OCC(=O)N1CCCC1. The number of aryl methyl sites for hydroxylation is 1. The van der Waals surface area contributed by atoms with Gasteiger partial charge < -0.3 is 19.7 Å². The number of likely N-dealkylation sites (tertiary alicyclic amines) is 1. The molecule has 7 heteroatoms. The third-order valence-corrected chi connectivity index (χ3v) is 6.00. The lowest BCUT2D eigenvalue weighted by atomic mass is 10.0. The van der Waals surface area contributed by atoms with Crippen LogP contribution in [0.25, 0.3) is 0 Å². The normalized spacial score (nSPS) is 14.2. The summed E-state index contributed by atoms with van der Waals surface area (Å²) in [6.07, 6.45) is 3.73. The van der Waals surface area contributed by atoms with E-state index in [1.165, 1.54) is 0 Å². The van der Waals surface area contributed by atoms with Crippen LogP contribution >= 0.6 is 11.6 Å². The molecular weight excluding hydrogens is 428 g/mol. The standard InChI is InChI=1S/C25H31ClN2O4/c1-3-21(27-24(29)13-11-18-10-12-23(31-2)20(26)16-18)19-8-4-5-9-22(19)32-17-25(30)28-14-6-7-15-28/h4-5,8-10,12,16,21H,3,6-7,11,13-15,17H2,1-2H3,(H,27,29). The maximum Gasteiger partial charge on any atom is 0.260 e. The van der Waals surface area contributed by atoms with Crippen molar-refractivity contribution in [3.63, 3.8) is 0 Å². The molecule has 172 valence electrons. The van der Waals surface area contributed by atoms with E-state index in [2.05, 4.69) is 5.32 Å². The highest BCUT2D eigenvalue weighted by Gasteiger charge is 2.21. The van der Waals surface area contributed by atoms with Gasteiger partial charge in [-0.05, 0) is 49.4 Å². The number of benzene rings is 2. The highest BCUT2D eigenvalue weighted by atomic mass is 35.5. The Morgan fingerprint density at radius 3 is 2.56 bits per heavy atom. The van der Waals surface area contributed by atoms with E-state index in [0.29, 0.717) is 35.8 Å². The summed E-state index contributed by atoms with van der Waals surface area (Å²) >= 11 is 6.18. The Kier molecular flexibility index (Phi) is 8.80.